The number of carbonyl (C=O) groups excluding carboxylic acids is 2. The van der Waals surface area contributed by atoms with E-state index in [4.69, 9.17) is 4.74 Å². The van der Waals surface area contributed by atoms with E-state index in [1.807, 2.05) is 55.5 Å². The van der Waals surface area contributed by atoms with Crippen molar-refractivity contribution in [3.8, 4) is 11.1 Å². The van der Waals surface area contributed by atoms with E-state index in [0.29, 0.717) is 5.92 Å². The number of carbonyl (C=O) groups is 3. The molecular weight excluding hydrogens is 420 g/mol. The summed E-state index contributed by atoms with van der Waals surface area (Å²) in [5, 5.41) is 11.7. The molecule has 33 heavy (non-hydrogen) atoms. The molecule has 2 amide bonds. The minimum absolute atomic E-state index is 0.0851. The number of aliphatic carboxylic acids is 1. The molecule has 176 valence electrons. The zero-order valence-electron chi connectivity index (χ0n) is 19.6. The van der Waals surface area contributed by atoms with Gasteiger partial charge in [-0.15, -0.1) is 0 Å². The summed E-state index contributed by atoms with van der Waals surface area (Å²) < 4.78 is 5.49. The van der Waals surface area contributed by atoms with Crippen molar-refractivity contribution in [3.05, 3.63) is 59.7 Å². The topological polar surface area (TPSA) is 95.9 Å². The fourth-order valence-corrected chi connectivity index (χ4v) is 4.46. The monoisotopic (exact) mass is 452 g/mol. The van der Waals surface area contributed by atoms with Crippen LogP contribution in [0.1, 0.15) is 50.7 Å². The van der Waals surface area contributed by atoms with Crippen molar-refractivity contribution >= 4 is 18.0 Å². The van der Waals surface area contributed by atoms with Gasteiger partial charge in [-0.2, -0.15) is 0 Å². The predicted molar refractivity (Wildman–Crippen MR) is 126 cm³/mol. The van der Waals surface area contributed by atoms with E-state index in [-0.39, 0.29) is 18.6 Å². The van der Waals surface area contributed by atoms with Crippen LogP contribution in [0.15, 0.2) is 48.5 Å². The zero-order chi connectivity index (χ0) is 24.1. The Balaban J connectivity index is 1.68. The van der Waals surface area contributed by atoms with Gasteiger partial charge in [0.05, 0.1) is 6.42 Å². The summed E-state index contributed by atoms with van der Waals surface area (Å²) in [6, 6.07) is 14.7. The van der Waals surface area contributed by atoms with E-state index in [9.17, 15) is 19.5 Å². The van der Waals surface area contributed by atoms with Crippen LogP contribution in [0.2, 0.25) is 0 Å². The number of nitrogens with one attached hydrogen (secondary N) is 1. The fraction of sp³-hybridized carbons (Fsp3) is 0.423. The molecule has 2 aromatic carbocycles. The van der Waals surface area contributed by atoms with Gasteiger partial charge in [-0.3, -0.25) is 9.59 Å². The molecule has 2 unspecified atom stereocenters. The van der Waals surface area contributed by atoms with Gasteiger partial charge < -0.3 is 20.1 Å². The van der Waals surface area contributed by atoms with Crippen LogP contribution in [-0.2, 0) is 14.3 Å². The summed E-state index contributed by atoms with van der Waals surface area (Å²) in [4.78, 5) is 38.4. The number of hydrogen-bond donors (Lipinski definition) is 2. The second kappa shape index (κ2) is 10.5. The lowest BCUT2D eigenvalue weighted by Crippen LogP contribution is -2.51. The number of ether oxygens (including phenoxy) is 1. The first-order valence-corrected chi connectivity index (χ1v) is 11.3. The lowest BCUT2D eigenvalue weighted by Gasteiger charge is -2.30. The molecule has 0 saturated carbocycles. The van der Waals surface area contributed by atoms with E-state index in [1.54, 1.807) is 7.05 Å². The quantitative estimate of drug-likeness (QED) is 0.593. The Kier molecular flexibility index (Phi) is 7.74. The van der Waals surface area contributed by atoms with Gasteiger partial charge in [-0.05, 0) is 41.5 Å². The maximum atomic E-state index is 12.9. The van der Waals surface area contributed by atoms with Crippen molar-refractivity contribution in [3.63, 3.8) is 0 Å². The Morgan fingerprint density at radius 2 is 1.55 bits per heavy atom. The van der Waals surface area contributed by atoms with Gasteiger partial charge >= 0.3 is 12.1 Å². The molecule has 2 N–H and O–H groups in total. The van der Waals surface area contributed by atoms with Crippen LogP contribution in [0, 0.1) is 5.92 Å². The summed E-state index contributed by atoms with van der Waals surface area (Å²) in [6.07, 6.45) is -0.546. The molecule has 0 fully saturated rings. The maximum Gasteiger partial charge on any atom is 0.407 e. The van der Waals surface area contributed by atoms with Gasteiger partial charge in [0.1, 0.15) is 12.6 Å². The van der Waals surface area contributed by atoms with Crippen molar-refractivity contribution in [2.45, 2.75) is 51.6 Å². The number of hydrogen-bond acceptors (Lipinski definition) is 4. The Labute approximate surface area is 194 Å². The normalized spacial score (nSPS) is 14.2. The van der Waals surface area contributed by atoms with Crippen LogP contribution >= 0.6 is 0 Å². The second-order valence-corrected chi connectivity index (χ2v) is 9.05. The summed E-state index contributed by atoms with van der Waals surface area (Å²) in [6.45, 7) is 6.10. The molecule has 0 bridgehead atoms. The van der Waals surface area contributed by atoms with Crippen LogP contribution in [0.5, 0.6) is 0 Å². The maximum absolute atomic E-state index is 12.9. The highest BCUT2D eigenvalue weighted by molar-refractivity contribution is 5.89. The third-order valence-corrected chi connectivity index (χ3v) is 6.13. The van der Waals surface area contributed by atoms with E-state index < -0.39 is 30.4 Å². The Hall–Kier alpha value is -3.35. The van der Waals surface area contributed by atoms with Crippen molar-refractivity contribution in [2.24, 2.45) is 5.92 Å². The highest BCUT2D eigenvalue weighted by Crippen LogP contribution is 2.44. The van der Waals surface area contributed by atoms with E-state index in [0.717, 1.165) is 28.7 Å². The Bertz CT molecular complexity index is 974. The lowest BCUT2D eigenvalue weighted by molar-refractivity contribution is -0.142. The molecule has 7 heteroatoms. The molecule has 0 saturated heterocycles. The number of amides is 2. The molecule has 3 rings (SSSR count). The molecule has 0 aliphatic heterocycles. The number of carboxylic acid groups (broad SMARTS) is 1. The molecule has 0 heterocycles. The van der Waals surface area contributed by atoms with Crippen LogP contribution in [-0.4, -0.2) is 53.7 Å². The van der Waals surface area contributed by atoms with E-state index in [1.165, 1.54) is 4.90 Å². The highest BCUT2D eigenvalue weighted by Gasteiger charge is 2.32. The molecule has 1 aliphatic carbocycles. The number of likely N-dealkylation sites (N-methyl/N-ethyl adjacent to an activating group) is 1. The van der Waals surface area contributed by atoms with Crippen molar-refractivity contribution < 1.29 is 24.2 Å². The molecular formula is C26H32N2O5. The number of fused-ring (bicyclic) bond motifs is 3. The van der Waals surface area contributed by atoms with Crippen LogP contribution in [0.4, 0.5) is 4.79 Å². The standard InChI is InChI=1S/C26H32N2O5/c1-16(2)13-17(3)28(4)25(31)23(14-24(29)30)27-26(32)33-15-22-20-11-7-5-9-18(20)19-10-6-8-12-21(19)22/h5-12,16-17,22-23H,13-15H2,1-4H3,(H,27,32)(H,29,30). The molecule has 1 aliphatic rings. The lowest BCUT2D eigenvalue weighted by atomic mass is 9.98. The summed E-state index contributed by atoms with van der Waals surface area (Å²) >= 11 is 0. The Morgan fingerprint density at radius 1 is 1.00 bits per heavy atom. The molecule has 2 aromatic rings. The molecule has 0 spiro atoms. The van der Waals surface area contributed by atoms with Crippen LogP contribution in [0.25, 0.3) is 11.1 Å². The third kappa shape index (κ3) is 5.72. The second-order valence-electron chi connectivity index (χ2n) is 9.05. The van der Waals surface area contributed by atoms with Gasteiger partial charge in [-0.1, -0.05) is 62.4 Å². The largest absolute Gasteiger partial charge is 0.481 e. The predicted octanol–water partition coefficient (Wildman–Crippen LogP) is 4.26. The zero-order valence-corrected chi connectivity index (χ0v) is 19.6. The van der Waals surface area contributed by atoms with Gasteiger partial charge in [-0.25, -0.2) is 4.79 Å². The van der Waals surface area contributed by atoms with Crippen LogP contribution in [0.3, 0.4) is 0 Å². The minimum atomic E-state index is -1.20. The molecule has 0 aromatic heterocycles. The first-order valence-electron chi connectivity index (χ1n) is 11.3. The average Bonchev–Trinajstić information content (AvgIpc) is 3.09. The number of alkyl carbamates (subject to hydrolysis) is 1. The summed E-state index contributed by atoms with van der Waals surface area (Å²) in [7, 11) is 1.63. The van der Waals surface area contributed by atoms with Crippen molar-refractivity contribution in [2.75, 3.05) is 13.7 Å². The molecule has 2 atom stereocenters. The van der Waals surface area contributed by atoms with Crippen LogP contribution < -0.4 is 5.32 Å². The smallest absolute Gasteiger partial charge is 0.407 e. The fourth-order valence-electron chi connectivity index (χ4n) is 4.46. The number of benzene rings is 2. The van der Waals surface area contributed by atoms with E-state index in [2.05, 4.69) is 19.2 Å². The minimum Gasteiger partial charge on any atom is -0.481 e. The first kappa shape index (κ1) is 24.3. The SMILES string of the molecule is CC(C)CC(C)N(C)C(=O)C(CC(=O)O)NC(=O)OCC1c2ccccc2-c2ccccc21. The van der Waals surface area contributed by atoms with Gasteiger partial charge in [0.25, 0.3) is 0 Å². The van der Waals surface area contributed by atoms with Gasteiger partial charge in [0.15, 0.2) is 0 Å². The summed E-state index contributed by atoms with van der Waals surface area (Å²) in [5.41, 5.74) is 4.38. The number of carboxylic acids is 1. The average molecular weight is 453 g/mol. The highest BCUT2D eigenvalue weighted by atomic mass is 16.5. The third-order valence-electron chi connectivity index (χ3n) is 6.13. The number of rotatable bonds is 9. The van der Waals surface area contributed by atoms with Gasteiger partial charge in [0.2, 0.25) is 5.91 Å². The first-order chi connectivity index (χ1) is 15.7. The molecule has 0 radical (unpaired) electrons. The Morgan fingerprint density at radius 3 is 2.06 bits per heavy atom. The number of nitrogens with zero attached hydrogens (tertiary/aromatic N) is 1. The van der Waals surface area contributed by atoms with Crippen molar-refractivity contribution in [1.29, 1.82) is 0 Å². The molecule has 7 nitrogen and oxygen atoms in total. The van der Waals surface area contributed by atoms with Crippen molar-refractivity contribution in [1.82, 2.24) is 10.2 Å². The van der Waals surface area contributed by atoms with Gasteiger partial charge in [0, 0.05) is 19.0 Å². The van der Waals surface area contributed by atoms with E-state index >= 15 is 0 Å². The summed E-state index contributed by atoms with van der Waals surface area (Å²) in [5.74, 6) is -1.36.